The number of hydrogen-bond donors (Lipinski definition) is 4. The van der Waals surface area contributed by atoms with Gasteiger partial charge in [-0.1, -0.05) is 18.2 Å². The molecule has 2 aromatic heterocycles. The van der Waals surface area contributed by atoms with Crippen LogP contribution in [-0.4, -0.2) is 28.5 Å². The number of aromatic nitrogens is 3. The number of rotatable bonds is 7. The van der Waals surface area contributed by atoms with Gasteiger partial charge in [0.25, 0.3) is 0 Å². The van der Waals surface area contributed by atoms with E-state index in [1.807, 2.05) is 17.1 Å². The lowest BCUT2D eigenvalue weighted by atomic mass is 10.1. The first-order chi connectivity index (χ1) is 13.0. The molecule has 1 aromatic carbocycles. The fourth-order valence-corrected chi connectivity index (χ4v) is 3.69. The molecule has 3 rings (SSSR count). The fraction of sp³-hybridized carbons (Fsp3) is 0.222. The van der Waals surface area contributed by atoms with E-state index in [-0.39, 0.29) is 0 Å². The molecule has 0 spiro atoms. The number of nitrogens with zero attached hydrogens (tertiary/aromatic N) is 3. The Morgan fingerprint density at radius 3 is 2.78 bits per heavy atom. The third kappa shape index (κ3) is 4.54. The van der Waals surface area contributed by atoms with E-state index >= 15 is 0 Å². The second-order valence-electron chi connectivity index (χ2n) is 6.19. The van der Waals surface area contributed by atoms with Crippen LogP contribution < -0.4 is 28.0 Å². The number of anilines is 3. The lowest BCUT2D eigenvalue weighted by molar-refractivity contribution is 0.471. The Bertz CT molecular complexity index is 928. The second kappa shape index (κ2) is 8.35. The third-order valence-corrected chi connectivity index (χ3v) is 5.83. The zero-order valence-electron chi connectivity index (χ0n) is 15.4. The van der Waals surface area contributed by atoms with E-state index in [0.29, 0.717) is 30.3 Å². The molecule has 0 aliphatic heterocycles. The van der Waals surface area contributed by atoms with E-state index in [4.69, 9.17) is 21.8 Å². The molecule has 27 heavy (non-hydrogen) atoms. The molecule has 0 radical (unpaired) electrons. The number of nitrogen functional groups attached to an aromatic ring is 3. The number of hydrogen-bond acceptors (Lipinski definition) is 7. The molecule has 0 aliphatic rings. The number of nitrogens with one attached hydrogen (secondary N) is 1. The van der Waals surface area contributed by atoms with Crippen molar-refractivity contribution in [1.82, 2.24) is 14.8 Å². The Hall–Kier alpha value is -2.67. The van der Waals surface area contributed by atoms with Crippen molar-refractivity contribution in [2.24, 2.45) is 5.84 Å². The first-order valence-corrected chi connectivity index (χ1v) is 10.1. The standard InChI is InChI=1S/C18H24N7OP/c1-26-27(2)15-5-3-4-12(7-15)10-25-11-13(9-22-25)6-14-8-16(19)23-18(24-21)17(14)20/h3-5,7-9,11H,6,10,20-21H2,1-2H3,(H3,19,23,24). The molecule has 8 nitrogen and oxygen atoms in total. The van der Waals surface area contributed by atoms with Gasteiger partial charge in [0.15, 0.2) is 5.82 Å². The lowest BCUT2D eigenvalue weighted by Gasteiger charge is -2.11. The number of hydrazine groups is 1. The number of benzene rings is 1. The van der Waals surface area contributed by atoms with Crippen molar-refractivity contribution in [2.75, 3.05) is 30.7 Å². The van der Waals surface area contributed by atoms with Crippen LogP contribution >= 0.6 is 8.15 Å². The van der Waals surface area contributed by atoms with Crippen LogP contribution in [0.15, 0.2) is 42.7 Å². The summed E-state index contributed by atoms with van der Waals surface area (Å²) in [7, 11) is 1.16. The highest BCUT2D eigenvalue weighted by Gasteiger charge is 2.11. The number of nitrogens with two attached hydrogens (primary N) is 3. The van der Waals surface area contributed by atoms with Crippen LogP contribution in [0.3, 0.4) is 0 Å². The quantitative estimate of drug-likeness (QED) is 0.276. The van der Waals surface area contributed by atoms with Gasteiger partial charge in [0.2, 0.25) is 0 Å². The minimum atomic E-state index is -0.582. The summed E-state index contributed by atoms with van der Waals surface area (Å²) in [5.41, 5.74) is 17.9. The van der Waals surface area contributed by atoms with Gasteiger partial charge in [-0.05, 0) is 35.5 Å². The van der Waals surface area contributed by atoms with Crippen LogP contribution in [-0.2, 0) is 17.5 Å². The SMILES string of the molecule is COP(C)c1cccc(Cn2cc(Cc3cc(N)nc(NN)c3N)cn2)c1. The maximum absolute atomic E-state index is 6.10. The zero-order chi connectivity index (χ0) is 19.4. The highest BCUT2D eigenvalue weighted by atomic mass is 31.1. The smallest absolute Gasteiger partial charge is 0.165 e. The molecule has 142 valence electrons. The largest absolute Gasteiger partial charge is 0.395 e. The monoisotopic (exact) mass is 385 g/mol. The first kappa shape index (κ1) is 19.1. The van der Waals surface area contributed by atoms with Crippen molar-refractivity contribution in [1.29, 1.82) is 0 Å². The van der Waals surface area contributed by atoms with Crippen LogP contribution in [0.2, 0.25) is 0 Å². The van der Waals surface area contributed by atoms with Gasteiger partial charge in [-0.2, -0.15) is 5.10 Å². The number of pyridine rings is 1. The first-order valence-electron chi connectivity index (χ1n) is 8.39. The van der Waals surface area contributed by atoms with Gasteiger partial charge >= 0.3 is 0 Å². The van der Waals surface area contributed by atoms with Crippen LogP contribution in [0, 0.1) is 0 Å². The zero-order valence-corrected chi connectivity index (χ0v) is 16.3. The van der Waals surface area contributed by atoms with Gasteiger partial charge in [0, 0.05) is 25.0 Å². The molecule has 0 aliphatic carbocycles. The summed E-state index contributed by atoms with van der Waals surface area (Å²) in [6.45, 7) is 2.78. The molecule has 2 heterocycles. The average Bonchev–Trinajstić information content (AvgIpc) is 3.10. The van der Waals surface area contributed by atoms with Gasteiger partial charge in [0.1, 0.15) is 5.82 Å². The molecular weight excluding hydrogens is 361 g/mol. The average molecular weight is 385 g/mol. The van der Waals surface area contributed by atoms with Crippen molar-refractivity contribution < 1.29 is 4.52 Å². The van der Waals surface area contributed by atoms with E-state index in [0.717, 1.165) is 11.1 Å². The summed E-state index contributed by atoms with van der Waals surface area (Å²) in [5.74, 6) is 6.19. The summed E-state index contributed by atoms with van der Waals surface area (Å²) in [5, 5.41) is 5.67. The third-order valence-electron chi connectivity index (χ3n) is 4.27. The van der Waals surface area contributed by atoms with Crippen molar-refractivity contribution in [3.63, 3.8) is 0 Å². The second-order valence-corrected chi connectivity index (χ2v) is 8.06. The summed E-state index contributed by atoms with van der Waals surface area (Å²) in [4.78, 5) is 4.07. The van der Waals surface area contributed by atoms with Gasteiger partial charge in [-0.15, -0.1) is 0 Å². The van der Waals surface area contributed by atoms with Crippen LogP contribution in [0.25, 0.3) is 0 Å². The molecular formula is C18H24N7OP. The molecule has 0 amide bonds. The van der Waals surface area contributed by atoms with Gasteiger partial charge in [-0.25, -0.2) is 10.8 Å². The van der Waals surface area contributed by atoms with Gasteiger partial charge < -0.3 is 21.4 Å². The van der Waals surface area contributed by atoms with Gasteiger partial charge in [-0.3, -0.25) is 4.68 Å². The molecule has 0 bridgehead atoms. The molecule has 0 saturated carbocycles. The Balaban J connectivity index is 1.75. The summed E-state index contributed by atoms with van der Waals surface area (Å²) in [6.07, 6.45) is 4.43. The highest BCUT2D eigenvalue weighted by Crippen LogP contribution is 2.29. The van der Waals surface area contributed by atoms with Crippen molar-refractivity contribution >= 4 is 30.8 Å². The normalized spacial score (nSPS) is 12.1. The van der Waals surface area contributed by atoms with Crippen LogP contribution in [0.4, 0.5) is 17.3 Å². The Labute approximate surface area is 159 Å². The van der Waals surface area contributed by atoms with Gasteiger partial charge in [0.05, 0.1) is 26.6 Å². The topological polar surface area (TPSA) is 130 Å². The van der Waals surface area contributed by atoms with E-state index < -0.39 is 8.15 Å². The minimum Gasteiger partial charge on any atom is -0.395 e. The van der Waals surface area contributed by atoms with E-state index in [1.165, 1.54) is 10.9 Å². The molecule has 9 heteroatoms. The molecule has 3 aromatic rings. The summed E-state index contributed by atoms with van der Waals surface area (Å²) in [6, 6.07) is 10.1. The maximum Gasteiger partial charge on any atom is 0.165 e. The molecule has 0 saturated heterocycles. The van der Waals surface area contributed by atoms with E-state index in [9.17, 15) is 0 Å². The summed E-state index contributed by atoms with van der Waals surface area (Å²) < 4.78 is 7.36. The molecule has 1 atom stereocenters. The van der Waals surface area contributed by atoms with Crippen molar-refractivity contribution in [2.45, 2.75) is 13.0 Å². The molecule has 7 N–H and O–H groups in total. The van der Waals surface area contributed by atoms with Crippen molar-refractivity contribution in [3.05, 3.63) is 59.4 Å². The highest BCUT2D eigenvalue weighted by molar-refractivity contribution is 7.60. The maximum atomic E-state index is 6.10. The van der Waals surface area contributed by atoms with E-state index in [1.54, 1.807) is 13.2 Å². The lowest BCUT2D eigenvalue weighted by Crippen LogP contribution is -2.13. The molecule has 0 fully saturated rings. The van der Waals surface area contributed by atoms with Crippen molar-refractivity contribution in [3.8, 4) is 0 Å². The van der Waals surface area contributed by atoms with Crippen LogP contribution in [0.1, 0.15) is 16.7 Å². The Kier molecular flexibility index (Phi) is 5.91. The minimum absolute atomic E-state index is 0.366. The van der Waals surface area contributed by atoms with Crippen LogP contribution in [0.5, 0.6) is 0 Å². The van der Waals surface area contributed by atoms with E-state index in [2.05, 4.69) is 46.4 Å². The Morgan fingerprint density at radius 2 is 2.04 bits per heavy atom. The molecule has 1 unspecified atom stereocenters. The summed E-state index contributed by atoms with van der Waals surface area (Å²) >= 11 is 0. The Morgan fingerprint density at radius 1 is 1.22 bits per heavy atom. The predicted molar refractivity (Wildman–Crippen MR) is 111 cm³/mol. The predicted octanol–water partition coefficient (Wildman–Crippen LogP) is 1.67. The fourth-order valence-electron chi connectivity index (χ4n) is 2.83.